The average Bonchev–Trinajstić information content (AvgIpc) is 3.52. The maximum Gasteiger partial charge on any atom is 0.104 e. The third-order valence-electron chi connectivity index (χ3n) is 6.88. The third-order valence-corrected chi connectivity index (χ3v) is 7.12. The Morgan fingerprint density at radius 1 is 1.11 bits per heavy atom. The summed E-state index contributed by atoms with van der Waals surface area (Å²) in [5.41, 5.74) is 13.7. The van der Waals surface area contributed by atoms with E-state index in [0.717, 1.165) is 60.3 Å². The van der Waals surface area contributed by atoms with Crippen LogP contribution in [0.5, 0.6) is 0 Å². The van der Waals surface area contributed by atoms with Crippen LogP contribution in [0.15, 0.2) is 73.1 Å². The molecule has 2 aromatic heterocycles. The van der Waals surface area contributed by atoms with Gasteiger partial charge in [-0.3, -0.25) is 5.10 Å². The molecule has 4 N–H and O–H groups in total. The van der Waals surface area contributed by atoms with E-state index in [1.54, 1.807) is 0 Å². The van der Waals surface area contributed by atoms with E-state index >= 15 is 0 Å². The third kappa shape index (κ3) is 4.29. The first-order valence-electron chi connectivity index (χ1n) is 11.9. The molecular formula is C28H27N5OS. The Bertz CT molecular complexity index is 1530. The molecule has 0 saturated carbocycles. The number of anilines is 1. The molecule has 0 unspecified atom stereocenters. The summed E-state index contributed by atoms with van der Waals surface area (Å²) in [5, 5.41) is 13.1. The zero-order valence-electron chi connectivity index (χ0n) is 19.3. The molecule has 0 radical (unpaired) electrons. The van der Waals surface area contributed by atoms with Gasteiger partial charge < -0.3 is 20.4 Å². The van der Waals surface area contributed by atoms with E-state index in [0.29, 0.717) is 11.0 Å². The number of thiocarbonyl (C=S) groups is 1. The predicted octanol–water partition coefficient (Wildman–Crippen LogP) is 5.78. The molecule has 1 aliphatic rings. The van der Waals surface area contributed by atoms with Crippen LogP contribution in [0.3, 0.4) is 0 Å². The van der Waals surface area contributed by atoms with Crippen LogP contribution in [-0.2, 0) is 11.3 Å². The maximum atomic E-state index is 5.92. The first kappa shape index (κ1) is 21.8. The van der Waals surface area contributed by atoms with Gasteiger partial charge in [-0.25, -0.2) is 0 Å². The van der Waals surface area contributed by atoms with Gasteiger partial charge in [-0.05, 0) is 54.3 Å². The molecule has 1 fully saturated rings. The molecule has 3 heterocycles. The second-order valence-corrected chi connectivity index (χ2v) is 9.56. The average molecular weight is 482 g/mol. The van der Waals surface area contributed by atoms with Crippen LogP contribution in [0.1, 0.15) is 30.0 Å². The van der Waals surface area contributed by atoms with Crippen LogP contribution in [0.25, 0.3) is 32.9 Å². The number of ether oxygens (including phenoxy) is 1. The molecule has 35 heavy (non-hydrogen) atoms. The molecule has 0 aliphatic carbocycles. The Morgan fingerprint density at radius 2 is 2.00 bits per heavy atom. The second-order valence-electron chi connectivity index (χ2n) is 9.12. The van der Waals surface area contributed by atoms with E-state index in [4.69, 9.17) is 22.7 Å². The van der Waals surface area contributed by atoms with Gasteiger partial charge in [-0.2, -0.15) is 5.10 Å². The van der Waals surface area contributed by atoms with Gasteiger partial charge in [0.1, 0.15) is 4.99 Å². The number of aromatic nitrogens is 3. The number of fused-ring (bicyclic) bond motifs is 2. The van der Waals surface area contributed by atoms with E-state index in [9.17, 15) is 0 Å². The SMILES string of the molecule is NC(=S)c1cccc(-c2cn(C3CCOCC3)c3cc(CNc4ccc5cn[nH]c5c4)ccc23)c1. The number of nitrogens with two attached hydrogens (primary N) is 1. The summed E-state index contributed by atoms with van der Waals surface area (Å²) in [4.78, 5) is 0.418. The molecule has 1 aliphatic heterocycles. The monoisotopic (exact) mass is 481 g/mol. The minimum absolute atomic E-state index is 0.418. The lowest BCUT2D eigenvalue weighted by Gasteiger charge is -2.24. The number of hydrogen-bond donors (Lipinski definition) is 3. The molecule has 0 atom stereocenters. The van der Waals surface area contributed by atoms with Crippen molar-refractivity contribution in [1.82, 2.24) is 14.8 Å². The number of nitrogens with zero attached hydrogens (tertiary/aromatic N) is 2. The van der Waals surface area contributed by atoms with Crippen LogP contribution in [0.2, 0.25) is 0 Å². The van der Waals surface area contributed by atoms with Gasteiger partial charge in [0.2, 0.25) is 0 Å². The zero-order chi connectivity index (χ0) is 23.8. The van der Waals surface area contributed by atoms with Crippen molar-refractivity contribution in [3.8, 4) is 11.1 Å². The minimum atomic E-state index is 0.418. The Kier molecular flexibility index (Phi) is 5.72. The van der Waals surface area contributed by atoms with Crippen LogP contribution in [-0.4, -0.2) is 33.0 Å². The fourth-order valence-electron chi connectivity index (χ4n) is 4.99. The summed E-state index contributed by atoms with van der Waals surface area (Å²) < 4.78 is 8.09. The number of rotatable bonds is 6. The summed E-state index contributed by atoms with van der Waals surface area (Å²) in [6, 6.07) is 21.7. The highest BCUT2D eigenvalue weighted by Crippen LogP contribution is 2.36. The van der Waals surface area contributed by atoms with Crippen molar-refractivity contribution in [3.63, 3.8) is 0 Å². The molecule has 0 spiro atoms. The van der Waals surface area contributed by atoms with E-state index in [2.05, 4.69) is 74.8 Å². The lowest BCUT2D eigenvalue weighted by Crippen LogP contribution is -2.19. The lowest BCUT2D eigenvalue weighted by atomic mass is 10.0. The Morgan fingerprint density at radius 3 is 2.86 bits per heavy atom. The molecule has 5 aromatic rings. The standard InChI is InChI=1S/C28H27N5OS/c29-28(35)20-3-1-2-19(13-20)25-17-33(23-8-10-34-11-9-23)27-12-18(4-7-24(25)27)15-30-22-6-5-21-16-31-32-26(21)14-22/h1-7,12-14,16-17,23,30H,8-11,15H2,(H2,29,35)(H,31,32). The van der Waals surface area contributed by atoms with Gasteiger partial charge in [0.25, 0.3) is 0 Å². The van der Waals surface area contributed by atoms with Gasteiger partial charge in [0.15, 0.2) is 0 Å². The summed E-state index contributed by atoms with van der Waals surface area (Å²) in [5.74, 6) is 0. The van der Waals surface area contributed by atoms with Gasteiger partial charge in [0.05, 0.1) is 11.7 Å². The van der Waals surface area contributed by atoms with E-state index in [1.165, 1.54) is 22.0 Å². The Balaban J connectivity index is 1.37. The first-order chi connectivity index (χ1) is 17.2. The van der Waals surface area contributed by atoms with Gasteiger partial charge in [0, 0.05) is 65.1 Å². The molecule has 6 rings (SSSR count). The van der Waals surface area contributed by atoms with Gasteiger partial charge in [-0.1, -0.05) is 42.5 Å². The summed E-state index contributed by atoms with van der Waals surface area (Å²) in [6.45, 7) is 2.34. The number of hydrogen-bond acceptors (Lipinski definition) is 4. The van der Waals surface area contributed by atoms with Gasteiger partial charge in [-0.15, -0.1) is 0 Å². The maximum absolute atomic E-state index is 5.92. The largest absolute Gasteiger partial charge is 0.389 e. The Labute approximate surface area is 209 Å². The Hall–Kier alpha value is -3.68. The van der Waals surface area contributed by atoms with Gasteiger partial charge >= 0.3 is 0 Å². The van der Waals surface area contributed by atoms with Crippen LogP contribution >= 0.6 is 12.2 Å². The number of H-pyrrole nitrogens is 1. The minimum Gasteiger partial charge on any atom is -0.389 e. The summed E-state index contributed by atoms with van der Waals surface area (Å²) >= 11 is 5.23. The number of aromatic amines is 1. The molecule has 176 valence electrons. The highest BCUT2D eigenvalue weighted by Gasteiger charge is 2.20. The fourth-order valence-corrected chi connectivity index (χ4v) is 5.12. The summed E-state index contributed by atoms with van der Waals surface area (Å²) in [6.07, 6.45) is 6.17. The molecule has 0 amide bonds. The van der Waals surface area contributed by atoms with E-state index in [-0.39, 0.29) is 0 Å². The molecule has 0 bridgehead atoms. The second kappa shape index (κ2) is 9.17. The van der Waals surface area contributed by atoms with Crippen LogP contribution in [0, 0.1) is 0 Å². The molecule has 3 aromatic carbocycles. The number of nitrogens with one attached hydrogen (secondary N) is 2. The lowest BCUT2D eigenvalue weighted by molar-refractivity contribution is 0.0707. The van der Waals surface area contributed by atoms with Crippen molar-refractivity contribution in [2.45, 2.75) is 25.4 Å². The smallest absolute Gasteiger partial charge is 0.104 e. The summed E-state index contributed by atoms with van der Waals surface area (Å²) in [7, 11) is 0. The topological polar surface area (TPSA) is 80.9 Å². The van der Waals surface area contributed by atoms with Crippen molar-refractivity contribution >= 4 is 44.7 Å². The molecule has 7 heteroatoms. The first-order valence-corrected chi connectivity index (χ1v) is 12.3. The zero-order valence-corrected chi connectivity index (χ0v) is 20.1. The van der Waals surface area contributed by atoms with Crippen molar-refractivity contribution in [1.29, 1.82) is 0 Å². The van der Waals surface area contributed by atoms with Crippen molar-refractivity contribution in [2.24, 2.45) is 5.73 Å². The molecular weight excluding hydrogens is 454 g/mol. The fraction of sp³-hybridized carbons (Fsp3) is 0.214. The van der Waals surface area contributed by atoms with E-state index < -0.39 is 0 Å². The molecule has 1 saturated heterocycles. The molecule has 6 nitrogen and oxygen atoms in total. The van der Waals surface area contributed by atoms with Crippen LogP contribution < -0.4 is 11.1 Å². The number of benzene rings is 3. The normalized spacial score (nSPS) is 14.5. The van der Waals surface area contributed by atoms with E-state index in [1.807, 2.05) is 18.3 Å². The van der Waals surface area contributed by atoms with Crippen molar-refractivity contribution < 1.29 is 4.74 Å². The quantitative estimate of drug-likeness (QED) is 0.268. The van der Waals surface area contributed by atoms with Crippen molar-refractivity contribution in [2.75, 3.05) is 18.5 Å². The highest BCUT2D eigenvalue weighted by atomic mass is 32.1. The van der Waals surface area contributed by atoms with Crippen molar-refractivity contribution in [3.05, 3.63) is 84.2 Å². The van der Waals surface area contributed by atoms with Crippen LogP contribution in [0.4, 0.5) is 5.69 Å². The highest BCUT2D eigenvalue weighted by molar-refractivity contribution is 7.80. The predicted molar refractivity (Wildman–Crippen MR) is 146 cm³/mol.